The Morgan fingerprint density at radius 1 is 1.06 bits per heavy atom. The topological polar surface area (TPSA) is 63.0 Å². The highest BCUT2D eigenvalue weighted by atomic mass is 16.5. The zero-order valence-electron chi connectivity index (χ0n) is 18.3. The van der Waals surface area contributed by atoms with Crippen molar-refractivity contribution in [2.45, 2.75) is 70.5 Å². The molecular formula is C25H32N2O4. The molecule has 0 bridgehead atoms. The monoisotopic (exact) mass is 424 g/mol. The normalized spacial score (nSPS) is 20.4. The van der Waals surface area contributed by atoms with Gasteiger partial charge in [-0.05, 0) is 49.1 Å². The molecule has 4 rings (SSSR count). The van der Waals surface area contributed by atoms with E-state index in [0.717, 1.165) is 49.8 Å². The van der Waals surface area contributed by atoms with Crippen molar-refractivity contribution in [1.29, 1.82) is 0 Å². The number of amides is 2. The van der Waals surface area contributed by atoms with E-state index in [9.17, 15) is 9.59 Å². The van der Waals surface area contributed by atoms with Crippen LogP contribution in [0.25, 0.3) is 0 Å². The standard InChI is InChI=1S/C25H32N2O4/c1-2-3-15-30-21-13-11-19(12-14-21)24-25(29)26(20-8-5-4-6-9-20)18-23(28)27(24)17-22-10-7-16-31-22/h7,10-14,16,20,24H,2-6,8-9,15,17-18H2,1H3/t24-/m1/s1. The SMILES string of the molecule is CCCCOc1ccc([C@@H]2C(=O)N(C3CCCCC3)CC(=O)N2Cc2ccco2)cc1. The largest absolute Gasteiger partial charge is 0.494 e. The number of hydrogen-bond acceptors (Lipinski definition) is 4. The molecule has 1 atom stereocenters. The Morgan fingerprint density at radius 2 is 1.84 bits per heavy atom. The molecule has 0 N–H and O–H groups in total. The van der Waals surface area contributed by atoms with Gasteiger partial charge in [-0.1, -0.05) is 44.7 Å². The second-order valence-electron chi connectivity index (χ2n) is 8.53. The van der Waals surface area contributed by atoms with Gasteiger partial charge in [-0.25, -0.2) is 0 Å². The van der Waals surface area contributed by atoms with Crippen LogP contribution in [0, 0.1) is 0 Å². The first-order chi connectivity index (χ1) is 15.2. The lowest BCUT2D eigenvalue weighted by Gasteiger charge is -2.44. The van der Waals surface area contributed by atoms with E-state index in [0.29, 0.717) is 12.4 Å². The lowest BCUT2D eigenvalue weighted by Crippen LogP contribution is -2.58. The second-order valence-corrected chi connectivity index (χ2v) is 8.53. The van der Waals surface area contributed by atoms with Crippen molar-refractivity contribution in [2.75, 3.05) is 13.2 Å². The zero-order chi connectivity index (χ0) is 21.6. The number of unbranched alkanes of at least 4 members (excludes halogenated alkanes) is 1. The lowest BCUT2D eigenvalue weighted by molar-refractivity contribution is -0.160. The third-order valence-corrected chi connectivity index (χ3v) is 6.34. The number of ether oxygens (including phenoxy) is 1. The van der Waals surface area contributed by atoms with E-state index < -0.39 is 6.04 Å². The molecular weight excluding hydrogens is 392 g/mol. The van der Waals surface area contributed by atoms with Crippen LogP contribution in [0.2, 0.25) is 0 Å². The summed E-state index contributed by atoms with van der Waals surface area (Å²) in [5.74, 6) is 1.44. The minimum atomic E-state index is -0.641. The van der Waals surface area contributed by atoms with Crippen LogP contribution in [0.4, 0.5) is 0 Å². The zero-order valence-corrected chi connectivity index (χ0v) is 18.3. The highest BCUT2D eigenvalue weighted by Crippen LogP contribution is 2.34. The highest BCUT2D eigenvalue weighted by molar-refractivity contribution is 5.95. The summed E-state index contributed by atoms with van der Waals surface area (Å²) in [5.41, 5.74) is 0.813. The molecule has 0 radical (unpaired) electrons. The van der Waals surface area contributed by atoms with Crippen LogP contribution >= 0.6 is 0 Å². The Kier molecular flexibility index (Phi) is 6.95. The summed E-state index contributed by atoms with van der Waals surface area (Å²) in [6, 6.07) is 10.8. The summed E-state index contributed by atoms with van der Waals surface area (Å²) < 4.78 is 11.3. The number of rotatable bonds is 8. The lowest BCUT2D eigenvalue weighted by atomic mass is 9.91. The van der Waals surface area contributed by atoms with Gasteiger partial charge < -0.3 is 19.0 Å². The number of benzene rings is 1. The maximum absolute atomic E-state index is 13.7. The fraction of sp³-hybridized carbons (Fsp3) is 0.520. The molecule has 1 aromatic heterocycles. The van der Waals surface area contributed by atoms with E-state index in [1.165, 1.54) is 6.42 Å². The minimum Gasteiger partial charge on any atom is -0.494 e. The van der Waals surface area contributed by atoms with Crippen molar-refractivity contribution in [3.63, 3.8) is 0 Å². The number of furan rings is 1. The fourth-order valence-corrected chi connectivity index (χ4v) is 4.60. The summed E-state index contributed by atoms with van der Waals surface area (Å²) in [6.45, 7) is 3.25. The van der Waals surface area contributed by atoms with Gasteiger partial charge in [-0.3, -0.25) is 9.59 Å². The van der Waals surface area contributed by atoms with E-state index in [1.807, 2.05) is 35.2 Å². The first kappa shape index (κ1) is 21.5. The average molecular weight is 425 g/mol. The molecule has 0 spiro atoms. The number of carbonyl (C=O) groups excluding carboxylic acids is 2. The van der Waals surface area contributed by atoms with Gasteiger partial charge in [0.1, 0.15) is 24.1 Å². The van der Waals surface area contributed by atoms with Gasteiger partial charge in [-0.2, -0.15) is 0 Å². The minimum absolute atomic E-state index is 0.0118. The molecule has 166 valence electrons. The molecule has 2 amide bonds. The van der Waals surface area contributed by atoms with Crippen LogP contribution in [0.5, 0.6) is 5.75 Å². The van der Waals surface area contributed by atoms with Gasteiger partial charge in [0.2, 0.25) is 5.91 Å². The number of carbonyl (C=O) groups is 2. The Bertz CT molecular complexity index is 856. The van der Waals surface area contributed by atoms with Crippen molar-refractivity contribution in [1.82, 2.24) is 9.80 Å². The predicted octanol–water partition coefficient (Wildman–Crippen LogP) is 4.70. The van der Waals surface area contributed by atoms with Gasteiger partial charge in [-0.15, -0.1) is 0 Å². The van der Waals surface area contributed by atoms with Crippen LogP contribution in [-0.4, -0.2) is 40.8 Å². The van der Waals surface area contributed by atoms with E-state index in [2.05, 4.69) is 6.92 Å². The van der Waals surface area contributed by atoms with Gasteiger partial charge in [0.15, 0.2) is 0 Å². The Labute approximate surface area is 184 Å². The average Bonchev–Trinajstić information content (AvgIpc) is 3.31. The number of nitrogens with zero attached hydrogens (tertiary/aromatic N) is 2. The molecule has 2 aliphatic rings. The van der Waals surface area contributed by atoms with E-state index in [1.54, 1.807) is 17.2 Å². The van der Waals surface area contributed by atoms with Crippen molar-refractivity contribution in [2.24, 2.45) is 0 Å². The van der Waals surface area contributed by atoms with E-state index in [4.69, 9.17) is 9.15 Å². The summed E-state index contributed by atoms with van der Waals surface area (Å²) in [5, 5.41) is 0. The summed E-state index contributed by atoms with van der Waals surface area (Å²) >= 11 is 0. The molecule has 0 unspecified atom stereocenters. The quantitative estimate of drug-likeness (QED) is 0.576. The number of piperazine rings is 1. The first-order valence-corrected chi connectivity index (χ1v) is 11.5. The highest BCUT2D eigenvalue weighted by Gasteiger charge is 2.43. The van der Waals surface area contributed by atoms with Gasteiger partial charge in [0, 0.05) is 6.04 Å². The molecule has 6 nitrogen and oxygen atoms in total. The summed E-state index contributed by atoms with van der Waals surface area (Å²) in [7, 11) is 0. The molecule has 1 aliphatic carbocycles. The van der Waals surface area contributed by atoms with Gasteiger partial charge in [0.05, 0.1) is 19.4 Å². The van der Waals surface area contributed by atoms with Crippen LogP contribution in [0.15, 0.2) is 47.1 Å². The molecule has 2 fully saturated rings. The third kappa shape index (κ3) is 4.94. The molecule has 6 heteroatoms. The van der Waals surface area contributed by atoms with Crippen LogP contribution in [0.3, 0.4) is 0 Å². The van der Waals surface area contributed by atoms with Gasteiger partial charge >= 0.3 is 0 Å². The van der Waals surface area contributed by atoms with Crippen molar-refractivity contribution < 1.29 is 18.7 Å². The Morgan fingerprint density at radius 3 is 2.52 bits per heavy atom. The van der Waals surface area contributed by atoms with Crippen LogP contribution < -0.4 is 4.74 Å². The van der Waals surface area contributed by atoms with Gasteiger partial charge in [0.25, 0.3) is 5.91 Å². The summed E-state index contributed by atoms with van der Waals surface area (Å²) in [6.07, 6.45) is 9.08. The Balaban J connectivity index is 1.59. The smallest absolute Gasteiger partial charge is 0.250 e. The first-order valence-electron chi connectivity index (χ1n) is 11.5. The van der Waals surface area contributed by atoms with E-state index >= 15 is 0 Å². The second kappa shape index (κ2) is 10.0. The molecule has 2 aromatic rings. The maximum atomic E-state index is 13.7. The van der Waals surface area contributed by atoms with Crippen molar-refractivity contribution in [3.8, 4) is 5.75 Å². The Hall–Kier alpha value is -2.76. The maximum Gasteiger partial charge on any atom is 0.250 e. The molecule has 1 aromatic carbocycles. The van der Waals surface area contributed by atoms with E-state index in [-0.39, 0.29) is 30.9 Å². The molecule has 31 heavy (non-hydrogen) atoms. The molecule has 2 heterocycles. The van der Waals surface area contributed by atoms with Crippen molar-refractivity contribution >= 4 is 11.8 Å². The van der Waals surface area contributed by atoms with Crippen LogP contribution in [0.1, 0.15) is 69.2 Å². The summed E-state index contributed by atoms with van der Waals surface area (Å²) in [4.78, 5) is 30.4. The van der Waals surface area contributed by atoms with Crippen molar-refractivity contribution in [3.05, 3.63) is 54.0 Å². The number of hydrogen-bond donors (Lipinski definition) is 0. The molecule has 1 saturated heterocycles. The molecule has 1 saturated carbocycles. The van der Waals surface area contributed by atoms with Crippen LogP contribution in [-0.2, 0) is 16.1 Å². The fourth-order valence-electron chi connectivity index (χ4n) is 4.60. The molecule has 1 aliphatic heterocycles. The predicted molar refractivity (Wildman–Crippen MR) is 117 cm³/mol. The third-order valence-electron chi connectivity index (χ3n) is 6.34.